The van der Waals surface area contributed by atoms with E-state index in [9.17, 15) is 9.59 Å². The van der Waals surface area contributed by atoms with Crippen LogP contribution in [0.2, 0.25) is 0 Å². The van der Waals surface area contributed by atoms with Gasteiger partial charge in [-0.3, -0.25) is 9.59 Å². The van der Waals surface area contributed by atoms with Crippen molar-refractivity contribution in [2.45, 2.75) is 36.5 Å². The molecule has 2 N–H and O–H groups in total. The third-order valence-electron chi connectivity index (χ3n) is 4.66. The Balaban J connectivity index is 1.66. The van der Waals surface area contributed by atoms with Gasteiger partial charge in [-0.1, -0.05) is 60.7 Å². The number of nitrogens with one attached hydrogen (secondary N) is 2. The van der Waals surface area contributed by atoms with Gasteiger partial charge in [0.25, 0.3) is 0 Å². The van der Waals surface area contributed by atoms with Crippen LogP contribution in [-0.4, -0.2) is 17.1 Å². The second kappa shape index (κ2) is 10.6. The first kappa shape index (κ1) is 21.7. The second-order valence-corrected chi connectivity index (χ2v) is 8.54. The molecule has 3 aromatic carbocycles. The highest BCUT2D eigenvalue weighted by Gasteiger charge is 2.20. The molecule has 2 unspecified atom stereocenters. The first-order chi connectivity index (χ1) is 14.5. The minimum Gasteiger partial charge on any atom is -0.348 e. The van der Waals surface area contributed by atoms with Crippen LogP contribution >= 0.6 is 11.8 Å². The van der Waals surface area contributed by atoms with Gasteiger partial charge in [0.05, 0.1) is 11.3 Å². The van der Waals surface area contributed by atoms with Gasteiger partial charge in [-0.15, -0.1) is 11.8 Å². The summed E-state index contributed by atoms with van der Waals surface area (Å²) in [5.74, 6) is -0.107. The van der Waals surface area contributed by atoms with Crippen molar-refractivity contribution in [3.8, 4) is 0 Å². The van der Waals surface area contributed by atoms with Crippen LogP contribution in [0.4, 0.5) is 5.69 Å². The summed E-state index contributed by atoms with van der Waals surface area (Å²) in [6.45, 7) is 3.39. The summed E-state index contributed by atoms with van der Waals surface area (Å²) in [5, 5.41) is 5.72. The minimum absolute atomic E-state index is 0.00396. The van der Waals surface area contributed by atoms with E-state index in [1.807, 2.05) is 79.7 Å². The topological polar surface area (TPSA) is 58.2 Å². The number of amides is 2. The van der Waals surface area contributed by atoms with E-state index in [4.69, 9.17) is 0 Å². The summed E-state index contributed by atoms with van der Waals surface area (Å²) >= 11 is 1.50. The molecule has 0 radical (unpaired) electrons. The maximum absolute atomic E-state index is 12.9. The van der Waals surface area contributed by atoms with Crippen molar-refractivity contribution in [2.75, 3.05) is 5.32 Å². The molecule has 0 spiro atoms. The fourth-order valence-electron chi connectivity index (χ4n) is 3.15. The lowest BCUT2D eigenvalue weighted by Gasteiger charge is -2.22. The molecule has 0 saturated carbocycles. The molecule has 0 saturated heterocycles. The van der Waals surface area contributed by atoms with Crippen LogP contribution in [0.15, 0.2) is 89.8 Å². The quantitative estimate of drug-likeness (QED) is 0.493. The van der Waals surface area contributed by atoms with Crippen molar-refractivity contribution in [3.05, 3.63) is 96.1 Å². The van der Waals surface area contributed by atoms with E-state index in [1.54, 1.807) is 0 Å². The number of anilines is 1. The van der Waals surface area contributed by atoms with Gasteiger partial charge in [0, 0.05) is 17.5 Å². The van der Waals surface area contributed by atoms with Crippen molar-refractivity contribution in [3.63, 3.8) is 0 Å². The molecule has 0 aromatic heterocycles. The third kappa shape index (κ3) is 6.49. The van der Waals surface area contributed by atoms with Crippen LogP contribution in [0, 0.1) is 0 Å². The second-order valence-electron chi connectivity index (χ2n) is 7.13. The average Bonchev–Trinajstić information content (AvgIpc) is 2.75. The van der Waals surface area contributed by atoms with Crippen molar-refractivity contribution in [1.82, 2.24) is 5.32 Å². The number of hydrogen-bond acceptors (Lipinski definition) is 3. The van der Waals surface area contributed by atoms with Crippen molar-refractivity contribution in [2.24, 2.45) is 0 Å². The first-order valence-corrected chi connectivity index (χ1v) is 10.8. The van der Waals surface area contributed by atoms with E-state index in [2.05, 4.69) is 22.8 Å². The Morgan fingerprint density at radius 1 is 0.867 bits per heavy atom. The molecule has 2 amide bonds. The zero-order chi connectivity index (χ0) is 21.3. The van der Waals surface area contributed by atoms with E-state index in [0.717, 1.165) is 22.6 Å². The zero-order valence-electron chi connectivity index (χ0n) is 17.2. The highest BCUT2D eigenvalue weighted by Crippen LogP contribution is 2.26. The number of hydrogen-bond donors (Lipinski definition) is 2. The van der Waals surface area contributed by atoms with E-state index < -0.39 is 0 Å². The van der Waals surface area contributed by atoms with Gasteiger partial charge in [-0.25, -0.2) is 0 Å². The highest BCUT2D eigenvalue weighted by atomic mass is 32.2. The summed E-state index contributed by atoms with van der Waals surface area (Å²) in [5.41, 5.74) is 3.02. The molecule has 2 atom stereocenters. The molecule has 0 bridgehead atoms. The molecule has 0 heterocycles. The number of benzene rings is 3. The fourth-order valence-corrected chi connectivity index (χ4v) is 4.03. The Kier molecular flexibility index (Phi) is 7.69. The molecule has 5 heteroatoms. The number of carbonyl (C=O) groups excluding carboxylic acids is 2. The maximum atomic E-state index is 12.9. The fraction of sp³-hybridized carbons (Fsp3) is 0.200. The molecule has 0 aliphatic carbocycles. The molecule has 0 fully saturated rings. The van der Waals surface area contributed by atoms with E-state index >= 15 is 0 Å². The molecule has 30 heavy (non-hydrogen) atoms. The largest absolute Gasteiger partial charge is 0.348 e. The number of thioether (sulfide) groups is 1. The molecule has 0 aliphatic heterocycles. The van der Waals surface area contributed by atoms with Crippen molar-refractivity contribution < 1.29 is 9.59 Å². The van der Waals surface area contributed by atoms with Crippen LogP contribution in [0.3, 0.4) is 0 Å². The third-order valence-corrected chi connectivity index (χ3v) is 5.77. The van der Waals surface area contributed by atoms with Crippen LogP contribution < -0.4 is 10.6 Å². The molecule has 3 rings (SSSR count). The van der Waals surface area contributed by atoms with Crippen LogP contribution in [-0.2, 0) is 16.0 Å². The predicted molar refractivity (Wildman–Crippen MR) is 124 cm³/mol. The van der Waals surface area contributed by atoms with Gasteiger partial charge >= 0.3 is 0 Å². The van der Waals surface area contributed by atoms with E-state index in [1.165, 1.54) is 24.2 Å². The lowest BCUT2D eigenvalue weighted by atomic mass is 9.99. The van der Waals surface area contributed by atoms with Crippen molar-refractivity contribution >= 4 is 29.3 Å². The monoisotopic (exact) mass is 418 g/mol. The summed E-state index contributed by atoms with van der Waals surface area (Å²) in [6.07, 6.45) is 0.736. The Labute approximate surface area is 182 Å². The smallest absolute Gasteiger partial charge is 0.233 e. The predicted octanol–water partition coefficient (Wildman–Crippen LogP) is 5.23. The SMILES string of the molecule is CC(=O)Nc1ccc(SC(C)C(=O)NC(Cc2ccccc2)c2ccccc2)cc1. The molecule has 154 valence electrons. The Hall–Kier alpha value is -3.05. The number of carbonyl (C=O) groups is 2. The summed E-state index contributed by atoms with van der Waals surface area (Å²) < 4.78 is 0. The highest BCUT2D eigenvalue weighted by molar-refractivity contribution is 8.00. The normalized spacial score (nSPS) is 12.6. The molecule has 4 nitrogen and oxygen atoms in total. The Morgan fingerprint density at radius 2 is 1.47 bits per heavy atom. The standard InChI is InChI=1S/C25H26N2O2S/c1-18(30-23-15-13-22(14-16-23)26-19(2)28)25(29)27-24(21-11-7-4-8-12-21)17-20-9-5-3-6-10-20/h3-16,18,24H,17H2,1-2H3,(H,26,28)(H,27,29). The average molecular weight is 419 g/mol. The lowest BCUT2D eigenvalue weighted by molar-refractivity contribution is -0.121. The summed E-state index contributed by atoms with van der Waals surface area (Å²) in [6, 6.07) is 27.7. The van der Waals surface area contributed by atoms with Crippen molar-refractivity contribution in [1.29, 1.82) is 0 Å². The Bertz CT molecular complexity index is 959. The molecule has 3 aromatic rings. The summed E-state index contributed by atoms with van der Waals surface area (Å²) in [4.78, 5) is 25.1. The van der Waals surface area contributed by atoms with Gasteiger partial charge in [0.2, 0.25) is 11.8 Å². The number of rotatable bonds is 8. The minimum atomic E-state index is -0.251. The van der Waals surface area contributed by atoms with Gasteiger partial charge in [0.1, 0.15) is 0 Å². The van der Waals surface area contributed by atoms with E-state index in [-0.39, 0.29) is 23.1 Å². The van der Waals surface area contributed by atoms with Gasteiger partial charge in [0.15, 0.2) is 0 Å². The van der Waals surface area contributed by atoms with Gasteiger partial charge in [-0.05, 0) is 48.7 Å². The van der Waals surface area contributed by atoms with Crippen LogP contribution in [0.1, 0.15) is 31.0 Å². The van der Waals surface area contributed by atoms with Crippen LogP contribution in [0.5, 0.6) is 0 Å². The lowest BCUT2D eigenvalue weighted by Crippen LogP contribution is -2.35. The Morgan fingerprint density at radius 3 is 2.07 bits per heavy atom. The first-order valence-electron chi connectivity index (χ1n) is 9.95. The maximum Gasteiger partial charge on any atom is 0.233 e. The van der Waals surface area contributed by atoms with E-state index in [0.29, 0.717) is 0 Å². The van der Waals surface area contributed by atoms with Crippen LogP contribution in [0.25, 0.3) is 0 Å². The molecular formula is C25H26N2O2S. The van der Waals surface area contributed by atoms with Gasteiger partial charge < -0.3 is 10.6 Å². The summed E-state index contributed by atoms with van der Waals surface area (Å²) in [7, 11) is 0. The van der Waals surface area contributed by atoms with Gasteiger partial charge in [-0.2, -0.15) is 0 Å². The molecule has 0 aliphatic rings. The zero-order valence-corrected chi connectivity index (χ0v) is 18.0. The molecular weight excluding hydrogens is 392 g/mol.